The van der Waals surface area contributed by atoms with E-state index in [-0.39, 0.29) is 11.9 Å². The van der Waals surface area contributed by atoms with Crippen LogP contribution in [0.2, 0.25) is 0 Å². The highest BCUT2D eigenvalue weighted by Gasteiger charge is 2.16. The summed E-state index contributed by atoms with van der Waals surface area (Å²) in [5.74, 6) is 0.662. The Hall–Kier alpha value is -1.87. The number of para-hydroxylation sites is 2. The molecule has 0 bridgehead atoms. The first kappa shape index (κ1) is 15.5. The van der Waals surface area contributed by atoms with Gasteiger partial charge in [0.15, 0.2) is 11.6 Å². The normalized spacial score (nSPS) is 12.2. The Labute approximate surface area is 126 Å². The fraction of sp³-hybridized carbons (Fsp3) is 0.333. The summed E-state index contributed by atoms with van der Waals surface area (Å²) in [6, 6.07) is 12.7. The smallest absolute Gasteiger partial charge is 0.167 e. The molecule has 0 saturated heterocycles. The van der Waals surface area contributed by atoms with Crippen molar-refractivity contribution in [3.05, 3.63) is 59.4 Å². The summed E-state index contributed by atoms with van der Waals surface area (Å²) in [5, 5.41) is 3.37. The average Bonchev–Trinajstić information content (AvgIpc) is 2.49. The van der Waals surface area contributed by atoms with Crippen LogP contribution in [0.25, 0.3) is 0 Å². The maximum Gasteiger partial charge on any atom is 0.167 e. The van der Waals surface area contributed by atoms with Gasteiger partial charge in [-0.05, 0) is 44.5 Å². The zero-order chi connectivity index (χ0) is 15.2. The van der Waals surface area contributed by atoms with Crippen molar-refractivity contribution in [2.75, 3.05) is 6.54 Å². The first-order chi connectivity index (χ1) is 10.1. The van der Waals surface area contributed by atoms with Crippen LogP contribution in [0.1, 0.15) is 37.4 Å². The standard InChI is InChI=1S/C18H22FNO/c1-4-12-20-14(3)15-9-7-10-16(19)18(15)21-17-11-6-5-8-13(17)2/h5-11,14,20H,4,12H2,1-3H3. The summed E-state index contributed by atoms with van der Waals surface area (Å²) < 4.78 is 20.1. The van der Waals surface area contributed by atoms with Crippen LogP contribution in [0, 0.1) is 12.7 Å². The zero-order valence-corrected chi connectivity index (χ0v) is 12.8. The summed E-state index contributed by atoms with van der Waals surface area (Å²) in [6.45, 7) is 6.97. The molecule has 0 aliphatic heterocycles. The molecule has 1 N–H and O–H groups in total. The summed E-state index contributed by atoms with van der Waals surface area (Å²) in [4.78, 5) is 0. The highest BCUT2D eigenvalue weighted by Crippen LogP contribution is 2.33. The van der Waals surface area contributed by atoms with Crippen LogP contribution < -0.4 is 10.1 Å². The molecular formula is C18H22FNO. The van der Waals surface area contributed by atoms with E-state index in [2.05, 4.69) is 12.2 Å². The predicted octanol–water partition coefficient (Wildman–Crippen LogP) is 4.99. The van der Waals surface area contributed by atoms with Gasteiger partial charge < -0.3 is 10.1 Å². The Bertz CT molecular complexity index is 598. The van der Waals surface area contributed by atoms with Gasteiger partial charge in [-0.3, -0.25) is 0 Å². The second kappa shape index (κ2) is 7.23. The number of aryl methyl sites for hydroxylation is 1. The molecule has 2 nitrogen and oxygen atoms in total. The minimum absolute atomic E-state index is 0.0414. The molecule has 0 saturated carbocycles. The Balaban J connectivity index is 2.32. The fourth-order valence-electron chi connectivity index (χ4n) is 2.23. The number of rotatable bonds is 6. The van der Waals surface area contributed by atoms with E-state index in [1.54, 1.807) is 6.07 Å². The van der Waals surface area contributed by atoms with E-state index in [1.165, 1.54) is 6.07 Å². The molecule has 2 aromatic carbocycles. The quantitative estimate of drug-likeness (QED) is 0.808. The Morgan fingerprint density at radius 1 is 1.14 bits per heavy atom. The van der Waals surface area contributed by atoms with E-state index in [9.17, 15) is 4.39 Å². The van der Waals surface area contributed by atoms with E-state index in [0.717, 1.165) is 24.1 Å². The van der Waals surface area contributed by atoms with Crippen molar-refractivity contribution in [1.29, 1.82) is 0 Å². The summed E-state index contributed by atoms with van der Waals surface area (Å²) in [7, 11) is 0. The maximum absolute atomic E-state index is 14.2. The van der Waals surface area contributed by atoms with Crippen molar-refractivity contribution >= 4 is 0 Å². The third-order valence-electron chi connectivity index (χ3n) is 3.47. The molecule has 21 heavy (non-hydrogen) atoms. The summed E-state index contributed by atoms with van der Waals surface area (Å²) in [5.41, 5.74) is 1.83. The third kappa shape index (κ3) is 3.82. The lowest BCUT2D eigenvalue weighted by atomic mass is 10.1. The van der Waals surface area contributed by atoms with Gasteiger partial charge >= 0.3 is 0 Å². The van der Waals surface area contributed by atoms with Gasteiger partial charge in [0.25, 0.3) is 0 Å². The number of hydrogen-bond acceptors (Lipinski definition) is 2. The molecule has 0 fully saturated rings. The molecule has 0 aromatic heterocycles. The van der Waals surface area contributed by atoms with Crippen molar-refractivity contribution in [2.45, 2.75) is 33.2 Å². The van der Waals surface area contributed by atoms with Crippen molar-refractivity contribution in [1.82, 2.24) is 5.32 Å². The maximum atomic E-state index is 14.2. The van der Waals surface area contributed by atoms with E-state index in [4.69, 9.17) is 4.74 Å². The molecule has 2 rings (SSSR count). The van der Waals surface area contributed by atoms with Crippen molar-refractivity contribution < 1.29 is 9.13 Å². The molecule has 0 spiro atoms. The molecule has 0 aliphatic rings. The highest BCUT2D eigenvalue weighted by molar-refractivity contribution is 5.43. The molecule has 2 aromatic rings. The number of hydrogen-bond donors (Lipinski definition) is 1. The lowest BCUT2D eigenvalue weighted by Gasteiger charge is -2.19. The van der Waals surface area contributed by atoms with Gasteiger partial charge in [-0.1, -0.05) is 37.3 Å². The Morgan fingerprint density at radius 2 is 1.90 bits per heavy atom. The van der Waals surface area contributed by atoms with E-state index >= 15 is 0 Å². The number of benzene rings is 2. The van der Waals surface area contributed by atoms with Crippen LogP contribution in [0.15, 0.2) is 42.5 Å². The Kier molecular flexibility index (Phi) is 5.34. The van der Waals surface area contributed by atoms with Gasteiger partial charge in [-0.25, -0.2) is 4.39 Å². The fourth-order valence-corrected chi connectivity index (χ4v) is 2.23. The summed E-state index contributed by atoms with van der Waals surface area (Å²) >= 11 is 0. The number of ether oxygens (including phenoxy) is 1. The van der Waals surface area contributed by atoms with Crippen LogP contribution in [-0.4, -0.2) is 6.54 Å². The first-order valence-electron chi connectivity index (χ1n) is 7.38. The van der Waals surface area contributed by atoms with Gasteiger partial charge in [-0.15, -0.1) is 0 Å². The van der Waals surface area contributed by atoms with Crippen LogP contribution in [-0.2, 0) is 0 Å². The second-order valence-electron chi connectivity index (χ2n) is 5.20. The third-order valence-corrected chi connectivity index (χ3v) is 3.47. The Morgan fingerprint density at radius 3 is 2.62 bits per heavy atom. The van der Waals surface area contributed by atoms with Gasteiger partial charge in [0.1, 0.15) is 5.75 Å². The molecule has 1 atom stereocenters. The largest absolute Gasteiger partial charge is 0.454 e. The van der Waals surface area contributed by atoms with Crippen molar-refractivity contribution in [2.24, 2.45) is 0 Å². The number of halogens is 1. The van der Waals surface area contributed by atoms with Crippen molar-refractivity contribution in [3.8, 4) is 11.5 Å². The predicted molar refractivity (Wildman–Crippen MR) is 84.4 cm³/mol. The molecule has 0 radical (unpaired) electrons. The molecule has 112 valence electrons. The zero-order valence-electron chi connectivity index (χ0n) is 12.8. The van der Waals surface area contributed by atoms with Crippen LogP contribution >= 0.6 is 0 Å². The van der Waals surface area contributed by atoms with Gasteiger partial charge in [0.2, 0.25) is 0 Å². The highest BCUT2D eigenvalue weighted by atomic mass is 19.1. The van der Waals surface area contributed by atoms with E-state index in [1.807, 2.05) is 44.2 Å². The minimum atomic E-state index is -0.332. The van der Waals surface area contributed by atoms with Gasteiger partial charge in [0.05, 0.1) is 0 Å². The van der Waals surface area contributed by atoms with Crippen LogP contribution in [0.3, 0.4) is 0 Å². The lowest BCUT2D eigenvalue weighted by Crippen LogP contribution is -2.20. The average molecular weight is 287 g/mol. The number of nitrogens with one attached hydrogen (secondary N) is 1. The van der Waals surface area contributed by atoms with E-state index < -0.39 is 0 Å². The monoisotopic (exact) mass is 287 g/mol. The molecule has 0 heterocycles. The lowest BCUT2D eigenvalue weighted by molar-refractivity contribution is 0.423. The van der Waals surface area contributed by atoms with Gasteiger partial charge in [-0.2, -0.15) is 0 Å². The minimum Gasteiger partial charge on any atom is -0.454 e. The SMILES string of the molecule is CCCNC(C)c1cccc(F)c1Oc1ccccc1C. The van der Waals surface area contributed by atoms with Crippen LogP contribution in [0.4, 0.5) is 4.39 Å². The van der Waals surface area contributed by atoms with Crippen molar-refractivity contribution in [3.63, 3.8) is 0 Å². The molecule has 0 aliphatic carbocycles. The van der Waals surface area contributed by atoms with E-state index in [0.29, 0.717) is 11.5 Å². The molecule has 1 unspecified atom stereocenters. The molecule has 0 amide bonds. The molecule has 3 heteroatoms. The second-order valence-corrected chi connectivity index (χ2v) is 5.20. The van der Waals surface area contributed by atoms with Gasteiger partial charge in [0, 0.05) is 11.6 Å². The van der Waals surface area contributed by atoms with Crippen LogP contribution in [0.5, 0.6) is 11.5 Å². The first-order valence-corrected chi connectivity index (χ1v) is 7.38. The topological polar surface area (TPSA) is 21.3 Å². The summed E-state index contributed by atoms with van der Waals surface area (Å²) in [6.07, 6.45) is 1.04. The molecular weight excluding hydrogens is 265 g/mol.